The fraction of sp³-hybridized carbons (Fsp3) is 0.684. The number of aromatic hydroxyl groups is 1. The Labute approximate surface area is 133 Å². The van der Waals surface area contributed by atoms with Crippen molar-refractivity contribution in [2.45, 2.75) is 50.0 Å². The zero-order chi connectivity index (χ0) is 15.2. The average Bonchev–Trinajstić information content (AvgIpc) is 3.31. The van der Waals surface area contributed by atoms with Crippen LogP contribution in [0.2, 0.25) is 0 Å². The van der Waals surface area contributed by atoms with E-state index in [9.17, 15) is 5.11 Å². The number of fused-ring (bicyclic) bond motifs is 1. The molecule has 3 N–H and O–H groups in total. The summed E-state index contributed by atoms with van der Waals surface area (Å²) in [5, 5.41) is 9.93. The van der Waals surface area contributed by atoms with Crippen LogP contribution in [0.25, 0.3) is 0 Å². The number of nitrogens with two attached hydrogens (primary N) is 1. The van der Waals surface area contributed by atoms with Crippen LogP contribution in [0.4, 0.5) is 0 Å². The van der Waals surface area contributed by atoms with Gasteiger partial charge in [-0.1, -0.05) is 12.1 Å². The highest BCUT2D eigenvalue weighted by Crippen LogP contribution is 2.49. The summed E-state index contributed by atoms with van der Waals surface area (Å²) in [6, 6.07) is 8.28. The Morgan fingerprint density at radius 3 is 2.86 bits per heavy atom. The van der Waals surface area contributed by atoms with Crippen LogP contribution < -0.4 is 5.73 Å². The van der Waals surface area contributed by atoms with Gasteiger partial charge in [-0.25, -0.2) is 0 Å². The van der Waals surface area contributed by atoms with Crippen LogP contribution >= 0.6 is 0 Å². The SMILES string of the molecule is N[C@@H]1CC[C@H]2CN(CC3CC3)CC[C@]2(c2cccc(O)c2)C1. The van der Waals surface area contributed by atoms with E-state index in [1.54, 1.807) is 6.07 Å². The summed E-state index contributed by atoms with van der Waals surface area (Å²) in [6.45, 7) is 3.72. The van der Waals surface area contributed by atoms with Crippen molar-refractivity contribution in [2.24, 2.45) is 17.6 Å². The molecule has 1 aliphatic heterocycles. The normalized spacial score (nSPS) is 36.0. The zero-order valence-electron chi connectivity index (χ0n) is 13.4. The van der Waals surface area contributed by atoms with E-state index in [1.807, 2.05) is 12.1 Å². The maximum absolute atomic E-state index is 9.93. The topological polar surface area (TPSA) is 49.5 Å². The highest BCUT2D eigenvalue weighted by molar-refractivity contribution is 5.35. The van der Waals surface area contributed by atoms with E-state index < -0.39 is 0 Å². The van der Waals surface area contributed by atoms with Gasteiger partial charge >= 0.3 is 0 Å². The van der Waals surface area contributed by atoms with Gasteiger partial charge in [0.1, 0.15) is 5.75 Å². The van der Waals surface area contributed by atoms with Gasteiger partial charge in [0, 0.05) is 24.5 Å². The summed E-state index contributed by atoms with van der Waals surface area (Å²) in [5.74, 6) is 2.06. The molecule has 0 bridgehead atoms. The van der Waals surface area contributed by atoms with E-state index in [2.05, 4.69) is 11.0 Å². The third-order valence-electron chi connectivity index (χ3n) is 6.28. The molecule has 3 atom stereocenters. The van der Waals surface area contributed by atoms with Crippen LogP contribution in [-0.4, -0.2) is 35.7 Å². The first-order valence-electron chi connectivity index (χ1n) is 8.93. The molecular formula is C19H28N2O. The summed E-state index contributed by atoms with van der Waals surface area (Å²) in [6.07, 6.45) is 7.54. The fourth-order valence-corrected chi connectivity index (χ4v) is 4.91. The predicted octanol–water partition coefficient (Wildman–Crippen LogP) is 2.87. The molecule has 0 unspecified atom stereocenters. The number of benzene rings is 1. The molecule has 0 radical (unpaired) electrons. The molecule has 2 aliphatic carbocycles. The number of phenolic OH excluding ortho intramolecular Hbond substituents is 1. The second-order valence-corrected chi connectivity index (χ2v) is 7.90. The van der Waals surface area contributed by atoms with Gasteiger partial charge in [-0.15, -0.1) is 0 Å². The van der Waals surface area contributed by atoms with E-state index >= 15 is 0 Å². The third-order valence-corrected chi connectivity index (χ3v) is 6.28. The van der Waals surface area contributed by atoms with Crippen molar-refractivity contribution in [2.75, 3.05) is 19.6 Å². The summed E-state index contributed by atoms with van der Waals surface area (Å²) >= 11 is 0. The van der Waals surface area contributed by atoms with Crippen molar-refractivity contribution >= 4 is 0 Å². The van der Waals surface area contributed by atoms with Crippen LogP contribution in [0.5, 0.6) is 5.75 Å². The molecule has 0 spiro atoms. The molecule has 1 saturated heterocycles. The molecule has 0 amide bonds. The van der Waals surface area contributed by atoms with Crippen molar-refractivity contribution in [3.8, 4) is 5.75 Å². The van der Waals surface area contributed by atoms with E-state index in [0.717, 1.165) is 18.8 Å². The van der Waals surface area contributed by atoms with Gasteiger partial charge in [-0.05, 0) is 74.6 Å². The molecule has 1 heterocycles. The van der Waals surface area contributed by atoms with Crippen molar-refractivity contribution in [1.29, 1.82) is 0 Å². The lowest BCUT2D eigenvalue weighted by Crippen LogP contribution is -2.55. The minimum atomic E-state index is 0.191. The molecule has 3 heteroatoms. The number of hydrogen-bond acceptors (Lipinski definition) is 3. The first-order valence-corrected chi connectivity index (χ1v) is 8.93. The average molecular weight is 300 g/mol. The van der Waals surface area contributed by atoms with Gasteiger partial charge in [0.05, 0.1) is 0 Å². The number of phenols is 1. The van der Waals surface area contributed by atoms with Crippen LogP contribution in [0.15, 0.2) is 24.3 Å². The van der Waals surface area contributed by atoms with Gasteiger partial charge in [0.2, 0.25) is 0 Å². The largest absolute Gasteiger partial charge is 0.508 e. The summed E-state index contributed by atoms with van der Waals surface area (Å²) in [5.41, 5.74) is 7.86. The van der Waals surface area contributed by atoms with Gasteiger partial charge < -0.3 is 15.7 Å². The Hall–Kier alpha value is -1.06. The van der Waals surface area contributed by atoms with E-state index in [4.69, 9.17) is 5.73 Å². The van der Waals surface area contributed by atoms with Gasteiger partial charge in [0.15, 0.2) is 0 Å². The molecule has 4 rings (SSSR count). The Kier molecular flexibility index (Phi) is 3.66. The predicted molar refractivity (Wildman–Crippen MR) is 88.9 cm³/mol. The summed E-state index contributed by atoms with van der Waals surface area (Å²) in [7, 11) is 0. The molecule has 3 aliphatic rings. The number of likely N-dealkylation sites (tertiary alicyclic amines) is 1. The molecule has 22 heavy (non-hydrogen) atoms. The smallest absolute Gasteiger partial charge is 0.115 e. The number of hydrogen-bond donors (Lipinski definition) is 2. The maximum Gasteiger partial charge on any atom is 0.115 e. The molecule has 120 valence electrons. The van der Waals surface area contributed by atoms with E-state index in [-0.39, 0.29) is 5.41 Å². The fourth-order valence-electron chi connectivity index (χ4n) is 4.91. The first-order chi connectivity index (χ1) is 10.7. The van der Waals surface area contributed by atoms with Gasteiger partial charge in [-0.3, -0.25) is 0 Å². The lowest BCUT2D eigenvalue weighted by Gasteiger charge is -2.52. The minimum Gasteiger partial charge on any atom is -0.508 e. The summed E-state index contributed by atoms with van der Waals surface area (Å²) in [4.78, 5) is 2.69. The van der Waals surface area contributed by atoms with Gasteiger partial charge in [-0.2, -0.15) is 0 Å². The third kappa shape index (κ3) is 2.65. The molecule has 2 saturated carbocycles. The van der Waals surface area contributed by atoms with Crippen molar-refractivity contribution in [1.82, 2.24) is 4.90 Å². The second-order valence-electron chi connectivity index (χ2n) is 7.90. The Balaban J connectivity index is 1.61. The lowest BCUT2D eigenvalue weighted by atomic mass is 9.58. The quantitative estimate of drug-likeness (QED) is 0.902. The zero-order valence-corrected chi connectivity index (χ0v) is 13.4. The number of rotatable bonds is 3. The van der Waals surface area contributed by atoms with E-state index in [1.165, 1.54) is 50.9 Å². The Bertz CT molecular complexity index is 542. The Morgan fingerprint density at radius 1 is 1.23 bits per heavy atom. The highest BCUT2D eigenvalue weighted by atomic mass is 16.3. The highest BCUT2D eigenvalue weighted by Gasteiger charge is 2.47. The van der Waals surface area contributed by atoms with Crippen molar-refractivity contribution < 1.29 is 5.11 Å². The molecule has 3 fully saturated rings. The molecule has 0 aromatic heterocycles. The standard InChI is InChI=1S/C19H28N2O/c20-17-7-6-16-13-21(12-14-4-5-14)9-8-19(16,11-17)15-2-1-3-18(22)10-15/h1-3,10,14,16-17,22H,4-9,11-13,20H2/t16-,17+,19+/m0/s1. The lowest BCUT2D eigenvalue weighted by molar-refractivity contribution is 0.0470. The second kappa shape index (κ2) is 5.54. The summed E-state index contributed by atoms with van der Waals surface area (Å²) < 4.78 is 0. The first kappa shape index (κ1) is 14.5. The molecule has 3 nitrogen and oxygen atoms in total. The molecule has 1 aromatic rings. The molecular weight excluding hydrogens is 272 g/mol. The minimum absolute atomic E-state index is 0.191. The van der Waals surface area contributed by atoms with Crippen molar-refractivity contribution in [3.63, 3.8) is 0 Å². The van der Waals surface area contributed by atoms with Crippen molar-refractivity contribution in [3.05, 3.63) is 29.8 Å². The maximum atomic E-state index is 9.93. The van der Waals surface area contributed by atoms with Crippen LogP contribution in [0.1, 0.15) is 44.1 Å². The Morgan fingerprint density at radius 2 is 2.09 bits per heavy atom. The van der Waals surface area contributed by atoms with E-state index in [0.29, 0.717) is 17.7 Å². The monoisotopic (exact) mass is 300 g/mol. The van der Waals surface area contributed by atoms with Gasteiger partial charge in [0.25, 0.3) is 0 Å². The molecule has 1 aromatic carbocycles. The number of nitrogens with zero attached hydrogens (tertiary/aromatic N) is 1. The van der Waals surface area contributed by atoms with Crippen LogP contribution in [0, 0.1) is 11.8 Å². The number of piperidine rings is 1. The van der Waals surface area contributed by atoms with Crippen LogP contribution in [0.3, 0.4) is 0 Å². The van der Waals surface area contributed by atoms with Crippen LogP contribution in [-0.2, 0) is 5.41 Å².